The van der Waals surface area contributed by atoms with Gasteiger partial charge in [-0.3, -0.25) is 9.52 Å². The van der Waals surface area contributed by atoms with E-state index in [0.717, 1.165) is 5.56 Å². The van der Waals surface area contributed by atoms with Crippen LogP contribution in [0.3, 0.4) is 0 Å². The second-order valence-electron chi connectivity index (χ2n) is 9.07. The highest BCUT2D eigenvalue weighted by molar-refractivity contribution is 9.10. The molecular formula is C26H25BrN2O4S. The summed E-state index contributed by atoms with van der Waals surface area (Å²) in [5.41, 5.74) is 2.73. The van der Waals surface area contributed by atoms with Gasteiger partial charge in [-0.25, -0.2) is 8.42 Å². The van der Waals surface area contributed by atoms with E-state index >= 15 is 0 Å². The summed E-state index contributed by atoms with van der Waals surface area (Å²) in [7, 11) is -3.84. The van der Waals surface area contributed by atoms with Crippen molar-refractivity contribution in [3.8, 4) is 0 Å². The summed E-state index contributed by atoms with van der Waals surface area (Å²) >= 11 is 3.45. The number of amides is 1. The van der Waals surface area contributed by atoms with Crippen LogP contribution in [0.4, 0.5) is 11.4 Å². The number of rotatable bonds is 5. The van der Waals surface area contributed by atoms with Gasteiger partial charge < -0.3 is 9.73 Å². The first-order chi connectivity index (χ1) is 16.0. The van der Waals surface area contributed by atoms with Crippen LogP contribution in [0.25, 0.3) is 11.0 Å². The van der Waals surface area contributed by atoms with Gasteiger partial charge in [0.1, 0.15) is 11.3 Å². The molecule has 0 radical (unpaired) electrons. The molecule has 0 atom stereocenters. The highest BCUT2D eigenvalue weighted by Gasteiger charge is 2.23. The van der Waals surface area contributed by atoms with E-state index in [1.54, 1.807) is 43.3 Å². The number of nitrogens with one attached hydrogen (secondary N) is 2. The van der Waals surface area contributed by atoms with Crippen molar-refractivity contribution in [1.82, 2.24) is 0 Å². The Labute approximate surface area is 207 Å². The molecule has 4 aromatic rings. The maximum Gasteiger partial charge on any atom is 0.261 e. The number of benzene rings is 3. The highest BCUT2D eigenvalue weighted by atomic mass is 79.9. The summed E-state index contributed by atoms with van der Waals surface area (Å²) in [5, 5.41) is 3.36. The fourth-order valence-corrected chi connectivity index (χ4v) is 5.26. The van der Waals surface area contributed by atoms with Crippen LogP contribution in [-0.4, -0.2) is 14.3 Å². The van der Waals surface area contributed by atoms with Crippen LogP contribution in [0.5, 0.6) is 0 Å². The number of anilines is 2. The van der Waals surface area contributed by atoms with E-state index in [1.807, 2.05) is 30.3 Å². The van der Waals surface area contributed by atoms with E-state index in [0.29, 0.717) is 38.1 Å². The lowest BCUT2D eigenvalue weighted by molar-refractivity contribution is 0.102. The first-order valence-corrected chi connectivity index (χ1v) is 13.0. The zero-order valence-corrected chi connectivity index (χ0v) is 21.7. The van der Waals surface area contributed by atoms with Gasteiger partial charge in [-0.1, -0.05) is 51.1 Å². The summed E-state index contributed by atoms with van der Waals surface area (Å²) in [4.78, 5) is 13.2. The van der Waals surface area contributed by atoms with Crippen molar-refractivity contribution in [1.29, 1.82) is 0 Å². The third kappa shape index (κ3) is 4.88. The molecule has 0 saturated heterocycles. The van der Waals surface area contributed by atoms with Gasteiger partial charge in [0, 0.05) is 11.1 Å². The Morgan fingerprint density at radius 3 is 2.21 bits per heavy atom. The standard InChI is InChI=1S/C26H25BrN2O4S/c1-16-23(25(30)28-18-8-6-5-7-9-18)21-14-19(15-22(27)24(21)33-16)29-34(31,32)20-12-10-17(11-13-20)26(2,3)4/h5-15,29H,1-4H3,(H,28,30). The van der Waals surface area contributed by atoms with Crippen LogP contribution in [0.2, 0.25) is 0 Å². The number of halogens is 1. The van der Waals surface area contributed by atoms with Gasteiger partial charge in [-0.05, 0) is 70.2 Å². The molecule has 6 nitrogen and oxygen atoms in total. The number of carbonyl (C=O) groups is 1. The SMILES string of the molecule is Cc1oc2c(Br)cc(NS(=O)(=O)c3ccc(C(C)(C)C)cc3)cc2c1C(=O)Nc1ccccc1. The van der Waals surface area contributed by atoms with Gasteiger partial charge in [0.15, 0.2) is 0 Å². The predicted molar refractivity (Wildman–Crippen MR) is 139 cm³/mol. The van der Waals surface area contributed by atoms with Gasteiger partial charge in [-0.2, -0.15) is 0 Å². The van der Waals surface area contributed by atoms with Gasteiger partial charge in [0.25, 0.3) is 15.9 Å². The first kappa shape index (κ1) is 24.0. The molecule has 0 aliphatic carbocycles. The van der Waals surface area contributed by atoms with Crippen molar-refractivity contribution in [2.45, 2.75) is 38.0 Å². The number of hydrogen-bond donors (Lipinski definition) is 2. The van der Waals surface area contributed by atoms with Gasteiger partial charge >= 0.3 is 0 Å². The van der Waals surface area contributed by atoms with E-state index in [-0.39, 0.29) is 16.2 Å². The van der Waals surface area contributed by atoms with Crippen molar-refractivity contribution in [3.05, 3.63) is 88.1 Å². The molecule has 0 unspecified atom stereocenters. The number of hydrogen-bond acceptors (Lipinski definition) is 4. The lowest BCUT2D eigenvalue weighted by Gasteiger charge is -2.19. The minimum atomic E-state index is -3.84. The molecule has 0 saturated carbocycles. The van der Waals surface area contributed by atoms with E-state index < -0.39 is 10.0 Å². The largest absolute Gasteiger partial charge is 0.459 e. The monoisotopic (exact) mass is 540 g/mol. The molecule has 0 fully saturated rings. The fourth-order valence-electron chi connectivity index (χ4n) is 3.68. The fraction of sp³-hybridized carbons (Fsp3) is 0.192. The second kappa shape index (κ2) is 8.92. The van der Waals surface area contributed by atoms with Crippen LogP contribution in [0.1, 0.15) is 42.5 Å². The lowest BCUT2D eigenvalue weighted by Crippen LogP contribution is -2.15. The van der Waals surface area contributed by atoms with Crippen LogP contribution in [0.15, 0.2) is 80.5 Å². The molecule has 0 aliphatic rings. The normalized spacial score (nSPS) is 12.0. The average molecular weight is 541 g/mol. The maximum atomic E-state index is 13.0. The smallest absolute Gasteiger partial charge is 0.261 e. The summed E-state index contributed by atoms with van der Waals surface area (Å²) in [6.45, 7) is 7.91. The topological polar surface area (TPSA) is 88.4 Å². The summed E-state index contributed by atoms with van der Waals surface area (Å²) < 4.78 is 35.1. The van der Waals surface area contributed by atoms with Crippen LogP contribution in [-0.2, 0) is 15.4 Å². The lowest BCUT2D eigenvalue weighted by atomic mass is 9.87. The first-order valence-electron chi connectivity index (χ1n) is 10.7. The Morgan fingerprint density at radius 1 is 0.941 bits per heavy atom. The molecule has 0 bridgehead atoms. The molecule has 1 aromatic heterocycles. The number of aryl methyl sites for hydroxylation is 1. The van der Waals surface area contributed by atoms with Crippen LogP contribution in [0, 0.1) is 6.92 Å². The highest BCUT2D eigenvalue weighted by Crippen LogP contribution is 2.35. The maximum absolute atomic E-state index is 13.0. The van der Waals surface area contributed by atoms with E-state index in [1.165, 1.54) is 0 Å². The third-order valence-electron chi connectivity index (χ3n) is 5.46. The van der Waals surface area contributed by atoms with Crippen LogP contribution < -0.4 is 10.0 Å². The van der Waals surface area contributed by atoms with Crippen LogP contribution >= 0.6 is 15.9 Å². The van der Waals surface area contributed by atoms with Crippen molar-refractivity contribution in [2.75, 3.05) is 10.0 Å². The molecule has 1 amide bonds. The average Bonchev–Trinajstić information content (AvgIpc) is 3.10. The molecule has 3 aromatic carbocycles. The number of carbonyl (C=O) groups excluding carboxylic acids is 1. The number of para-hydroxylation sites is 1. The Bertz CT molecular complexity index is 1470. The van der Waals surface area contributed by atoms with Crippen molar-refractivity contribution < 1.29 is 17.6 Å². The zero-order chi connectivity index (χ0) is 24.7. The number of furan rings is 1. The van der Waals surface area contributed by atoms with E-state index in [4.69, 9.17) is 4.42 Å². The molecule has 4 rings (SSSR count). The number of fused-ring (bicyclic) bond motifs is 1. The summed E-state index contributed by atoms with van der Waals surface area (Å²) in [5.74, 6) is 0.0917. The van der Waals surface area contributed by atoms with Crippen molar-refractivity contribution in [2.24, 2.45) is 0 Å². The predicted octanol–water partition coefficient (Wildman–Crippen LogP) is 6.85. The Balaban J connectivity index is 1.68. The molecule has 8 heteroatoms. The Hall–Kier alpha value is -3.10. The van der Waals surface area contributed by atoms with Gasteiger partial charge in [0.2, 0.25) is 0 Å². The molecule has 0 spiro atoms. The van der Waals surface area contributed by atoms with Crippen molar-refractivity contribution >= 4 is 54.2 Å². The Kier molecular flexibility index (Phi) is 6.31. The molecular weight excluding hydrogens is 516 g/mol. The van der Waals surface area contributed by atoms with Crippen molar-refractivity contribution in [3.63, 3.8) is 0 Å². The van der Waals surface area contributed by atoms with Gasteiger partial charge in [-0.15, -0.1) is 0 Å². The quantitative estimate of drug-likeness (QED) is 0.289. The zero-order valence-electron chi connectivity index (χ0n) is 19.3. The summed E-state index contributed by atoms with van der Waals surface area (Å²) in [6, 6.07) is 19.1. The Morgan fingerprint density at radius 2 is 1.59 bits per heavy atom. The molecule has 2 N–H and O–H groups in total. The second-order valence-corrected chi connectivity index (χ2v) is 11.6. The third-order valence-corrected chi connectivity index (χ3v) is 7.45. The van der Waals surface area contributed by atoms with E-state index in [2.05, 4.69) is 46.7 Å². The number of sulfonamides is 1. The van der Waals surface area contributed by atoms with E-state index in [9.17, 15) is 13.2 Å². The summed E-state index contributed by atoms with van der Waals surface area (Å²) in [6.07, 6.45) is 0. The van der Waals surface area contributed by atoms with Gasteiger partial charge in [0.05, 0.1) is 20.6 Å². The minimum absolute atomic E-state index is 0.0819. The molecule has 1 heterocycles. The minimum Gasteiger partial charge on any atom is -0.459 e. The molecule has 176 valence electrons. The molecule has 0 aliphatic heterocycles. The molecule has 34 heavy (non-hydrogen) atoms.